The van der Waals surface area contributed by atoms with Crippen LogP contribution < -0.4 is 5.32 Å². The van der Waals surface area contributed by atoms with Gasteiger partial charge in [0.2, 0.25) is 0 Å². The number of amides is 1. The lowest BCUT2D eigenvalue weighted by atomic mass is 9.79. The van der Waals surface area contributed by atoms with E-state index in [-0.39, 0.29) is 11.5 Å². The van der Waals surface area contributed by atoms with Crippen molar-refractivity contribution in [2.45, 2.75) is 57.1 Å². The van der Waals surface area contributed by atoms with Gasteiger partial charge in [0.05, 0.1) is 6.10 Å². The van der Waals surface area contributed by atoms with E-state index in [0.29, 0.717) is 24.6 Å². The van der Waals surface area contributed by atoms with E-state index < -0.39 is 11.6 Å². The molecular weight excluding hydrogens is 350 g/mol. The lowest BCUT2D eigenvalue weighted by molar-refractivity contribution is -0.00599. The van der Waals surface area contributed by atoms with Crippen LogP contribution in [-0.4, -0.2) is 49.7 Å². The first-order valence-electron chi connectivity index (χ1n) is 10.1. The molecular formula is C21H30F2N2O2. The summed E-state index contributed by atoms with van der Waals surface area (Å²) in [4.78, 5) is 14.8. The van der Waals surface area contributed by atoms with Crippen LogP contribution in [0.1, 0.15) is 55.3 Å². The highest BCUT2D eigenvalue weighted by molar-refractivity contribution is 5.94. The summed E-state index contributed by atoms with van der Waals surface area (Å²) in [5.74, 6) is -1.76. The minimum absolute atomic E-state index is 0.157. The topological polar surface area (TPSA) is 41.6 Å². The van der Waals surface area contributed by atoms with E-state index in [2.05, 4.69) is 10.2 Å². The number of ether oxygens (including phenoxy) is 1. The van der Waals surface area contributed by atoms with Gasteiger partial charge >= 0.3 is 0 Å². The first-order valence-corrected chi connectivity index (χ1v) is 10.1. The zero-order chi connectivity index (χ0) is 19.2. The summed E-state index contributed by atoms with van der Waals surface area (Å²) in [6, 6.07) is 3.76. The first-order chi connectivity index (χ1) is 13.1. The number of likely N-dealkylation sites (tertiary alicyclic amines) is 1. The van der Waals surface area contributed by atoms with E-state index in [0.717, 1.165) is 50.9 Å². The summed E-state index contributed by atoms with van der Waals surface area (Å²) in [5, 5.41) is 2.86. The molecule has 1 saturated heterocycles. The maximum Gasteiger partial charge on any atom is 0.251 e. The number of hydrogen-bond acceptors (Lipinski definition) is 3. The number of rotatable bonds is 6. The first kappa shape index (κ1) is 20.2. The van der Waals surface area contributed by atoms with Crippen LogP contribution in [0.3, 0.4) is 0 Å². The third-order valence-electron chi connectivity index (χ3n) is 6.08. The Hall–Kier alpha value is -1.53. The summed E-state index contributed by atoms with van der Waals surface area (Å²) in [6.45, 7) is 2.85. The van der Waals surface area contributed by atoms with Crippen molar-refractivity contribution in [3.8, 4) is 0 Å². The summed E-state index contributed by atoms with van der Waals surface area (Å²) in [6.07, 6.45) is 8.26. The lowest BCUT2D eigenvalue weighted by Crippen LogP contribution is -2.48. The summed E-state index contributed by atoms with van der Waals surface area (Å²) >= 11 is 0. The van der Waals surface area contributed by atoms with E-state index in [1.807, 2.05) is 0 Å². The van der Waals surface area contributed by atoms with Crippen LogP contribution in [0.5, 0.6) is 0 Å². The molecule has 1 saturated carbocycles. The summed E-state index contributed by atoms with van der Waals surface area (Å²) < 4.78 is 31.9. The molecule has 3 rings (SSSR count). The lowest BCUT2D eigenvalue weighted by Gasteiger charge is -2.44. The van der Waals surface area contributed by atoms with E-state index >= 15 is 0 Å². The average molecular weight is 380 g/mol. The Morgan fingerprint density at radius 3 is 2.67 bits per heavy atom. The molecule has 2 aliphatic rings. The number of piperidine rings is 1. The molecule has 1 aromatic rings. The third-order valence-corrected chi connectivity index (χ3v) is 6.08. The van der Waals surface area contributed by atoms with Gasteiger partial charge in [0, 0.05) is 25.3 Å². The van der Waals surface area contributed by atoms with E-state index in [1.165, 1.54) is 25.3 Å². The van der Waals surface area contributed by atoms with Gasteiger partial charge in [0.15, 0.2) is 11.6 Å². The number of methoxy groups -OCH3 is 1. The molecule has 3 atom stereocenters. The Kier molecular flexibility index (Phi) is 7.19. The molecule has 1 aliphatic heterocycles. The van der Waals surface area contributed by atoms with Crippen LogP contribution >= 0.6 is 0 Å². The Labute approximate surface area is 160 Å². The van der Waals surface area contributed by atoms with E-state index in [4.69, 9.17) is 4.74 Å². The molecule has 1 N–H and O–H groups in total. The number of nitrogens with one attached hydrogen (secondary N) is 1. The van der Waals surface area contributed by atoms with Gasteiger partial charge in [-0.1, -0.05) is 6.42 Å². The number of carbonyl (C=O) groups excluding carboxylic acids is 1. The molecule has 1 aliphatic carbocycles. The minimum Gasteiger partial charge on any atom is -0.381 e. The number of benzene rings is 1. The molecule has 4 nitrogen and oxygen atoms in total. The van der Waals surface area contributed by atoms with Crippen molar-refractivity contribution in [3.05, 3.63) is 35.4 Å². The van der Waals surface area contributed by atoms with Crippen LogP contribution in [0.4, 0.5) is 8.78 Å². The highest BCUT2D eigenvalue weighted by Gasteiger charge is 2.34. The van der Waals surface area contributed by atoms with Gasteiger partial charge in [-0.2, -0.15) is 0 Å². The molecule has 6 heteroatoms. The number of halogens is 2. The van der Waals surface area contributed by atoms with Crippen molar-refractivity contribution < 1.29 is 18.3 Å². The van der Waals surface area contributed by atoms with Crippen LogP contribution in [0.25, 0.3) is 0 Å². The number of nitrogens with zero attached hydrogens (tertiary/aromatic N) is 1. The fraction of sp³-hybridized carbons (Fsp3) is 0.667. The Balaban J connectivity index is 1.54. The fourth-order valence-electron chi connectivity index (χ4n) is 4.53. The molecule has 1 aromatic carbocycles. The van der Waals surface area contributed by atoms with Gasteiger partial charge in [-0.15, -0.1) is 0 Å². The summed E-state index contributed by atoms with van der Waals surface area (Å²) in [5.41, 5.74) is 0.157. The molecule has 0 radical (unpaired) electrons. The monoisotopic (exact) mass is 380 g/mol. The Morgan fingerprint density at radius 1 is 1.19 bits per heavy atom. The van der Waals surface area contributed by atoms with Crippen molar-refractivity contribution in [2.75, 3.05) is 26.7 Å². The van der Waals surface area contributed by atoms with Crippen LogP contribution in [-0.2, 0) is 4.74 Å². The SMILES string of the molecule is COC1CCC(CCNC(=O)c2ccc(F)c(F)c2)C(N2CCCCC2)C1. The molecule has 150 valence electrons. The molecule has 0 spiro atoms. The van der Waals surface area contributed by atoms with Gasteiger partial charge in [-0.25, -0.2) is 8.78 Å². The predicted octanol–water partition coefficient (Wildman–Crippen LogP) is 3.75. The molecule has 2 fully saturated rings. The maximum atomic E-state index is 13.3. The number of carbonyl (C=O) groups is 1. The second kappa shape index (κ2) is 9.60. The highest BCUT2D eigenvalue weighted by atomic mass is 19.2. The van der Waals surface area contributed by atoms with Gasteiger partial charge in [-0.05, 0) is 75.7 Å². The molecule has 0 aromatic heterocycles. The fourth-order valence-corrected chi connectivity index (χ4v) is 4.53. The van der Waals surface area contributed by atoms with Crippen molar-refractivity contribution in [2.24, 2.45) is 5.92 Å². The minimum atomic E-state index is -0.995. The van der Waals surface area contributed by atoms with Crippen LogP contribution in [0, 0.1) is 17.6 Å². The van der Waals surface area contributed by atoms with Crippen molar-refractivity contribution in [1.29, 1.82) is 0 Å². The molecule has 3 unspecified atom stereocenters. The summed E-state index contributed by atoms with van der Waals surface area (Å²) in [7, 11) is 1.79. The maximum absolute atomic E-state index is 13.3. The molecule has 1 heterocycles. The van der Waals surface area contributed by atoms with Gasteiger partial charge in [0.25, 0.3) is 5.91 Å². The third kappa shape index (κ3) is 5.26. The molecule has 1 amide bonds. The smallest absolute Gasteiger partial charge is 0.251 e. The highest BCUT2D eigenvalue weighted by Crippen LogP contribution is 2.33. The van der Waals surface area contributed by atoms with Crippen molar-refractivity contribution in [1.82, 2.24) is 10.2 Å². The zero-order valence-corrected chi connectivity index (χ0v) is 16.1. The molecule has 27 heavy (non-hydrogen) atoms. The van der Waals surface area contributed by atoms with Gasteiger partial charge in [-0.3, -0.25) is 4.79 Å². The zero-order valence-electron chi connectivity index (χ0n) is 16.1. The normalized spacial score (nSPS) is 26.7. The van der Waals surface area contributed by atoms with Crippen molar-refractivity contribution in [3.63, 3.8) is 0 Å². The van der Waals surface area contributed by atoms with Crippen molar-refractivity contribution >= 4 is 5.91 Å². The Morgan fingerprint density at radius 2 is 1.96 bits per heavy atom. The van der Waals surface area contributed by atoms with Gasteiger partial charge in [0.1, 0.15) is 0 Å². The second-order valence-corrected chi connectivity index (χ2v) is 7.77. The molecule has 0 bridgehead atoms. The van der Waals surface area contributed by atoms with Crippen LogP contribution in [0.2, 0.25) is 0 Å². The van der Waals surface area contributed by atoms with Gasteiger partial charge < -0.3 is 15.0 Å². The van der Waals surface area contributed by atoms with E-state index in [9.17, 15) is 13.6 Å². The quantitative estimate of drug-likeness (QED) is 0.817. The second-order valence-electron chi connectivity index (χ2n) is 7.77. The average Bonchev–Trinajstić information content (AvgIpc) is 2.70. The van der Waals surface area contributed by atoms with E-state index in [1.54, 1.807) is 7.11 Å². The predicted molar refractivity (Wildman–Crippen MR) is 101 cm³/mol. The largest absolute Gasteiger partial charge is 0.381 e. The Bertz CT molecular complexity index is 635. The van der Waals surface area contributed by atoms with Crippen LogP contribution in [0.15, 0.2) is 18.2 Å². The number of hydrogen-bond donors (Lipinski definition) is 1. The standard InChI is InChI=1S/C21H30F2N2O2/c1-27-17-7-5-15(20(14-17)25-11-3-2-4-12-25)9-10-24-21(26)16-6-8-18(22)19(23)13-16/h6,8,13,15,17,20H,2-5,7,9-12,14H2,1H3,(H,24,26).